The Morgan fingerprint density at radius 2 is 1.87 bits per heavy atom. The molecule has 1 aliphatic carbocycles. The van der Waals surface area contributed by atoms with Crippen LogP contribution in [-0.2, 0) is 29.0 Å². The maximum Gasteiger partial charge on any atom is 0.318 e. The summed E-state index contributed by atoms with van der Waals surface area (Å²) in [7, 11) is 0. The molecule has 5 aliphatic rings. The molecule has 0 radical (unpaired) electrons. The summed E-state index contributed by atoms with van der Waals surface area (Å²) < 4.78 is 35.8. The van der Waals surface area contributed by atoms with Crippen molar-refractivity contribution in [3.63, 3.8) is 0 Å². The highest BCUT2D eigenvalue weighted by Crippen LogP contribution is 2.43. The molecule has 4 aliphatic heterocycles. The highest BCUT2D eigenvalue weighted by Gasteiger charge is 2.50. The molecule has 5 heterocycles. The van der Waals surface area contributed by atoms with Crippen molar-refractivity contribution in [2.45, 2.75) is 63.7 Å². The van der Waals surface area contributed by atoms with Crippen LogP contribution in [0.5, 0.6) is 11.8 Å². The van der Waals surface area contributed by atoms with Crippen LogP contribution >= 0.6 is 0 Å². The molecular weight excluding hydrogens is 580 g/mol. The molecule has 4 atom stereocenters. The number of phenolic OH excluding ortho intramolecular Hbond substituents is 1. The summed E-state index contributed by atoms with van der Waals surface area (Å²) in [5.41, 5.74) is 2.66. The average molecular weight is 618 g/mol. The van der Waals surface area contributed by atoms with Crippen LogP contribution in [0.3, 0.4) is 0 Å². The number of aromatic nitrogens is 2. The van der Waals surface area contributed by atoms with E-state index in [-0.39, 0.29) is 59.5 Å². The van der Waals surface area contributed by atoms with Gasteiger partial charge in [0.15, 0.2) is 0 Å². The average Bonchev–Trinajstić information content (AvgIpc) is 3.76. The van der Waals surface area contributed by atoms with Gasteiger partial charge in [-0.1, -0.05) is 13.0 Å². The molecule has 3 aromatic rings. The van der Waals surface area contributed by atoms with Gasteiger partial charge in [-0.25, -0.2) is 8.78 Å². The van der Waals surface area contributed by atoms with E-state index < -0.39 is 6.17 Å². The van der Waals surface area contributed by atoms with Gasteiger partial charge >= 0.3 is 6.01 Å². The van der Waals surface area contributed by atoms with E-state index in [0.717, 1.165) is 47.1 Å². The van der Waals surface area contributed by atoms with Crippen LogP contribution in [0.15, 0.2) is 24.3 Å². The highest BCUT2D eigenvalue weighted by molar-refractivity contribution is 6.09. The number of carbonyl (C=O) groups is 2. The third kappa shape index (κ3) is 4.64. The number of ketones is 2. The zero-order valence-corrected chi connectivity index (χ0v) is 25.4. The summed E-state index contributed by atoms with van der Waals surface area (Å²) in [4.78, 5) is 41.3. The molecule has 45 heavy (non-hydrogen) atoms. The molecule has 8 rings (SSSR count). The van der Waals surface area contributed by atoms with Gasteiger partial charge in [-0.15, -0.1) is 0 Å². The lowest BCUT2D eigenvalue weighted by molar-refractivity contribution is -0.123. The number of hydrogen-bond acceptors (Lipinski definition) is 9. The molecule has 3 saturated heterocycles. The summed E-state index contributed by atoms with van der Waals surface area (Å²) in [6.45, 7) is 5.30. The number of halogens is 2. The summed E-state index contributed by atoms with van der Waals surface area (Å²) >= 11 is 0. The van der Waals surface area contributed by atoms with Gasteiger partial charge in [-0.2, -0.15) is 9.97 Å². The smallest absolute Gasteiger partial charge is 0.318 e. The Morgan fingerprint density at radius 3 is 2.64 bits per heavy atom. The van der Waals surface area contributed by atoms with Gasteiger partial charge in [0, 0.05) is 67.1 Å². The van der Waals surface area contributed by atoms with Crippen LogP contribution in [0.4, 0.5) is 20.3 Å². The minimum absolute atomic E-state index is 0.00442. The Balaban J connectivity index is 1.17. The lowest BCUT2D eigenvalue weighted by atomic mass is 9.95. The number of anilines is 2. The predicted molar refractivity (Wildman–Crippen MR) is 164 cm³/mol. The van der Waals surface area contributed by atoms with Crippen LogP contribution in [0.25, 0.3) is 10.8 Å². The van der Waals surface area contributed by atoms with E-state index in [0.29, 0.717) is 63.4 Å². The zero-order valence-electron chi connectivity index (χ0n) is 25.4. The van der Waals surface area contributed by atoms with Gasteiger partial charge in [0.05, 0.1) is 24.2 Å². The second-order valence-corrected chi connectivity index (χ2v) is 13.5. The fraction of sp³-hybridized carbons (Fsp3) is 0.529. The first-order chi connectivity index (χ1) is 21.7. The van der Waals surface area contributed by atoms with Crippen molar-refractivity contribution in [3.8, 4) is 11.8 Å². The van der Waals surface area contributed by atoms with E-state index in [2.05, 4.69) is 9.80 Å². The van der Waals surface area contributed by atoms with Crippen LogP contribution < -0.4 is 14.5 Å². The zero-order chi connectivity index (χ0) is 31.0. The first-order valence-corrected chi connectivity index (χ1v) is 16.1. The van der Waals surface area contributed by atoms with Gasteiger partial charge in [-0.3, -0.25) is 14.5 Å². The number of ether oxygens (including phenoxy) is 1. The van der Waals surface area contributed by atoms with Crippen molar-refractivity contribution in [2.24, 2.45) is 11.8 Å². The molecule has 2 unspecified atom stereocenters. The predicted octanol–water partition coefficient (Wildman–Crippen LogP) is 4.15. The van der Waals surface area contributed by atoms with Crippen LogP contribution in [0.2, 0.25) is 0 Å². The second-order valence-electron chi connectivity index (χ2n) is 13.5. The SMILES string of the molecule is CCc1c(F)ccc2cc(O)cc(N3CCc4c(nc(OC[C@@]56CCCN5C[C@H](F)C6)nc4N4CC5C(=O)CC(=O)C5C4)C3)c12. The number of nitrogens with zero attached hydrogens (tertiary/aromatic N) is 5. The maximum atomic E-state index is 15.0. The topological polar surface area (TPSA) is 99.1 Å². The van der Waals surface area contributed by atoms with Crippen molar-refractivity contribution in [1.29, 1.82) is 0 Å². The fourth-order valence-corrected chi connectivity index (χ4v) is 8.70. The Labute approximate surface area is 260 Å². The molecule has 11 heteroatoms. The van der Waals surface area contributed by atoms with Crippen LogP contribution in [-0.4, -0.2) is 82.6 Å². The standard InChI is InChI=1S/C34H37F2N5O4/c1-2-22-26(36)5-4-19-10-21(42)11-28(31(19)22)39-9-6-23-27(17-39)37-33(45-18-34-7-3-8-41(34)14-20(35)13-34)38-32(23)40-15-24-25(16-40)30(44)12-29(24)43/h4-5,10-11,20,24-25,42H,2-3,6-9,12-18H2,1H3/t20-,24?,25?,34+/m1/s1. The van der Waals surface area contributed by atoms with Gasteiger partial charge in [-0.05, 0) is 55.3 Å². The minimum Gasteiger partial charge on any atom is -0.508 e. The van der Waals surface area contributed by atoms with Crippen LogP contribution in [0, 0.1) is 17.7 Å². The number of rotatable bonds is 6. The lowest BCUT2D eigenvalue weighted by Crippen LogP contribution is -2.43. The van der Waals surface area contributed by atoms with E-state index in [9.17, 15) is 23.5 Å². The quantitative estimate of drug-likeness (QED) is 0.409. The molecule has 0 spiro atoms. The summed E-state index contributed by atoms with van der Waals surface area (Å²) in [6, 6.07) is 6.68. The molecular formula is C34H37F2N5O4. The van der Waals surface area contributed by atoms with Crippen molar-refractivity contribution < 1.29 is 28.2 Å². The molecule has 4 fully saturated rings. The number of alkyl halides is 1. The van der Waals surface area contributed by atoms with E-state index in [1.807, 2.05) is 11.8 Å². The molecule has 1 N–H and O–H groups in total. The van der Waals surface area contributed by atoms with Gasteiger partial charge < -0.3 is 19.6 Å². The van der Waals surface area contributed by atoms with Crippen molar-refractivity contribution in [3.05, 3.63) is 46.9 Å². The second kappa shape index (κ2) is 10.6. The molecule has 236 valence electrons. The number of carbonyl (C=O) groups excluding carboxylic acids is 2. The molecule has 0 bridgehead atoms. The largest absolute Gasteiger partial charge is 0.508 e. The number of fused-ring (bicyclic) bond motifs is 4. The number of benzene rings is 2. The molecule has 1 saturated carbocycles. The number of phenols is 1. The third-order valence-electron chi connectivity index (χ3n) is 10.9. The number of aromatic hydroxyl groups is 1. The summed E-state index contributed by atoms with van der Waals surface area (Å²) in [6.07, 6.45) is 2.51. The van der Waals surface area contributed by atoms with Gasteiger partial charge in [0.2, 0.25) is 0 Å². The van der Waals surface area contributed by atoms with E-state index in [1.165, 1.54) is 6.07 Å². The molecule has 1 aromatic heterocycles. The normalized spacial score (nSPS) is 27.8. The Hall–Kier alpha value is -3.86. The van der Waals surface area contributed by atoms with E-state index in [1.54, 1.807) is 18.2 Å². The fourth-order valence-electron chi connectivity index (χ4n) is 8.70. The summed E-state index contributed by atoms with van der Waals surface area (Å²) in [5, 5.41) is 12.2. The highest BCUT2D eigenvalue weighted by atomic mass is 19.1. The van der Waals surface area contributed by atoms with E-state index >= 15 is 0 Å². The lowest BCUT2D eigenvalue weighted by Gasteiger charge is -2.34. The first-order valence-electron chi connectivity index (χ1n) is 16.1. The van der Waals surface area contributed by atoms with Crippen LogP contribution in [0.1, 0.15) is 49.4 Å². The van der Waals surface area contributed by atoms with Crippen molar-refractivity contribution >= 4 is 33.8 Å². The Kier molecular flexibility index (Phi) is 6.74. The minimum atomic E-state index is -0.878. The molecule has 2 aromatic carbocycles. The Bertz CT molecular complexity index is 1710. The Morgan fingerprint density at radius 1 is 1.07 bits per heavy atom. The van der Waals surface area contributed by atoms with Crippen molar-refractivity contribution in [2.75, 3.05) is 49.1 Å². The molecule has 0 amide bonds. The number of Topliss-reactive ketones (excluding diaryl/α,β-unsaturated/α-hetero) is 2. The monoisotopic (exact) mass is 617 g/mol. The van der Waals surface area contributed by atoms with E-state index in [4.69, 9.17) is 14.7 Å². The number of aryl methyl sites for hydroxylation is 1. The summed E-state index contributed by atoms with van der Waals surface area (Å²) in [5.74, 6) is -0.141. The number of hydrogen-bond donors (Lipinski definition) is 1. The van der Waals surface area contributed by atoms with Crippen molar-refractivity contribution in [1.82, 2.24) is 14.9 Å². The third-order valence-corrected chi connectivity index (χ3v) is 10.9. The first kappa shape index (κ1) is 28.6. The van der Waals surface area contributed by atoms with Gasteiger partial charge in [0.25, 0.3) is 0 Å². The maximum absolute atomic E-state index is 15.0. The molecule has 9 nitrogen and oxygen atoms in total. The van der Waals surface area contributed by atoms with Gasteiger partial charge in [0.1, 0.15) is 41.7 Å².